The number of carbonyl (C=O) groups excluding carboxylic acids is 2. The fourth-order valence-electron chi connectivity index (χ4n) is 3.06. The highest BCUT2D eigenvalue weighted by Gasteiger charge is 2.34. The fraction of sp³-hybridized carbons (Fsp3) is 0.0476. The maximum absolute atomic E-state index is 13.1. The van der Waals surface area contributed by atoms with E-state index < -0.39 is 12.1 Å². The Labute approximate surface area is 156 Å². The number of phenols is 1. The number of hydrazine groups is 1. The van der Waals surface area contributed by atoms with Crippen molar-refractivity contribution in [3.05, 3.63) is 95.6 Å². The van der Waals surface area contributed by atoms with Crippen LogP contribution in [-0.4, -0.2) is 21.9 Å². The molecule has 27 heavy (non-hydrogen) atoms. The Morgan fingerprint density at radius 2 is 1.70 bits per heavy atom. The molecule has 1 heterocycles. The second kappa shape index (κ2) is 6.84. The molecule has 0 radical (unpaired) electrons. The molecule has 3 aromatic carbocycles. The summed E-state index contributed by atoms with van der Waals surface area (Å²) >= 11 is 0. The monoisotopic (exact) mass is 359 g/mol. The molecule has 134 valence electrons. The third-order valence-electron chi connectivity index (χ3n) is 4.37. The largest absolute Gasteiger partial charge is 0.508 e. The molecule has 0 aliphatic carbocycles. The van der Waals surface area contributed by atoms with Gasteiger partial charge in [-0.25, -0.2) is 5.01 Å². The molecule has 4 rings (SSSR count). The minimum absolute atomic E-state index is 0.0787. The standard InChI is InChI=1S/C21H17N3O3/c25-16-10-6-9-15(13-16)19-22-18-12-5-4-11-17(18)21(27)24(19)23-20(26)14-7-2-1-3-8-14/h1-13,19,22,25H,(H,23,26)/t19-/m0/s1. The number of para-hydroxylation sites is 1. The SMILES string of the molecule is O=C(NN1C(=O)c2ccccc2N[C@@H]1c1cccc(O)c1)c1ccccc1. The lowest BCUT2D eigenvalue weighted by molar-refractivity contribution is 0.0490. The maximum Gasteiger partial charge on any atom is 0.276 e. The van der Waals surface area contributed by atoms with Gasteiger partial charge in [0.15, 0.2) is 0 Å². The number of aromatic hydroxyl groups is 1. The number of rotatable bonds is 3. The summed E-state index contributed by atoms with van der Waals surface area (Å²) in [5, 5.41) is 14.3. The van der Waals surface area contributed by atoms with Crippen molar-refractivity contribution >= 4 is 17.5 Å². The van der Waals surface area contributed by atoms with E-state index >= 15 is 0 Å². The third kappa shape index (κ3) is 3.20. The van der Waals surface area contributed by atoms with Gasteiger partial charge in [-0.15, -0.1) is 0 Å². The number of nitrogens with zero attached hydrogens (tertiary/aromatic N) is 1. The third-order valence-corrected chi connectivity index (χ3v) is 4.37. The molecule has 0 aromatic heterocycles. The van der Waals surface area contributed by atoms with E-state index in [1.54, 1.807) is 66.7 Å². The summed E-state index contributed by atoms with van der Waals surface area (Å²) in [6.07, 6.45) is -0.660. The molecule has 0 unspecified atom stereocenters. The van der Waals surface area contributed by atoms with Gasteiger partial charge < -0.3 is 10.4 Å². The van der Waals surface area contributed by atoms with Crippen molar-refractivity contribution < 1.29 is 14.7 Å². The molecule has 6 heteroatoms. The summed E-state index contributed by atoms with van der Waals surface area (Å²) in [6, 6.07) is 22.4. The van der Waals surface area contributed by atoms with Crippen molar-refractivity contribution in [2.75, 3.05) is 5.32 Å². The topological polar surface area (TPSA) is 81.7 Å². The number of benzene rings is 3. The van der Waals surface area contributed by atoms with E-state index in [2.05, 4.69) is 10.7 Å². The van der Waals surface area contributed by atoms with Crippen molar-refractivity contribution in [3.63, 3.8) is 0 Å². The van der Waals surface area contributed by atoms with Crippen molar-refractivity contribution in [1.29, 1.82) is 0 Å². The Kier molecular flexibility index (Phi) is 4.22. The van der Waals surface area contributed by atoms with E-state index in [4.69, 9.17) is 0 Å². The van der Waals surface area contributed by atoms with Gasteiger partial charge in [-0.05, 0) is 36.4 Å². The number of hydrogen-bond donors (Lipinski definition) is 3. The number of carbonyl (C=O) groups is 2. The average molecular weight is 359 g/mol. The lowest BCUT2D eigenvalue weighted by atomic mass is 10.0. The summed E-state index contributed by atoms with van der Waals surface area (Å²) in [4.78, 5) is 25.7. The van der Waals surface area contributed by atoms with Crippen LogP contribution in [0.4, 0.5) is 5.69 Å². The van der Waals surface area contributed by atoms with Crippen LogP contribution >= 0.6 is 0 Å². The zero-order chi connectivity index (χ0) is 18.8. The molecular weight excluding hydrogens is 342 g/mol. The zero-order valence-corrected chi connectivity index (χ0v) is 14.3. The van der Waals surface area contributed by atoms with Gasteiger partial charge in [-0.3, -0.25) is 15.0 Å². The average Bonchev–Trinajstić information content (AvgIpc) is 2.70. The first-order chi connectivity index (χ1) is 13.1. The lowest BCUT2D eigenvalue weighted by Gasteiger charge is -2.37. The maximum atomic E-state index is 13.1. The molecule has 1 aliphatic rings. The van der Waals surface area contributed by atoms with Crippen LogP contribution in [0.5, 0.6) is 5.75 Å². The molecule has 2 amide bonds. The van der Waals surface area contributed by atoms with E-state index in [0.717, 1.165) is 0 Å². The van der Waals surface area contributed by atoms with Gasteiger partial charge in [-0.1, -0.05) is 42.5 Å². The van der Waals surface area contributed by atoms with E-state index in [0.29, 0.717) is 22.4 Å². The molecule has 1 atom stereocenters. The molecule has 6 nitrogen and oxygen atoms in total. The van der Waals surface area contributed by atoms with Gasteiger partial charge in [0, 0.05) is 16.8 Å². The number of fused-ring (bicyclic) bond motifs is 1. The van der Waals surface area contributed by atoms with Gasteiger partial charge in [0.25, 0.3) is 11.8 Å². The van der Waals surface area contributed by atoms with E-state index in [1.165, 1.54) is 5.01 Å². The predicted octanol–water partition coefficient (Wildman–Crippen LogP) is 3.30. The van der Waals surface area contributed by atoms with Crippen LogP contribution in [-0.2, 0) is 0 Å². The second-order valence-corrected chi connectivity index (χ2v) is 6.17. The highest BCUT2D eigenvalue weighted by Crippen LogP contribution is 2.32. The van der Waals surface area contributed by atoms with Crippen LogP contribution < -0.4 is 10.7 Å². The van der Waals surface area contributed by atoms with Crippen molar-refractivity contribution in [1.82, 2.24) is 10.4 Å². The van der Waals surface area contributed by atoms with Crippen molar-refractivity contribution in [2.24, 2.45) is 0 Å². The first kappa shape index (κ1) is 16.7. The Balaban J connectivity index is 1.73. The Bertz CT molecular complexity index is 1000. The van der Waals surface area contributed by atoms with Crippen molar-refractivity contribution in [3.8, 4) is 5.75 Å². The Morgan fingerprint density at radius 1 is 0.963 bits per heavy atom. The van der Waals surface area contributed by atoms with Gasteiger partial charge in [0.2, 0.25) is 0 Å². The molecule has 1 aliphatic heterocycles. The van der Waals surface area contributed by atoms with E-state index in [1.807, 2.05) is 12.1 Å². The minimum atomic E-state index is -0.660. The van der Waals surface area contributed by atoms with Crippen LogP contribution in [0, 0.1) is 0 Å². The molecule has 0 spiro atoms. The van der Waals surface area contributed by atoms with Crippen LogP contribution in [0.2, 0.25) is 0 Å². The molecular formula is C21H17N3O3. The van der Waals surface area contributed by atoms with E-state index in [9.17, 15) is 14.7 Å². The van der Waals surface area contributed by atoms with Gasteiger partial charge >= 0.3 is 0 Å². The molecule has 0 saturated carbocycles. The van der Waals surface area contributed by atoms with Gasteiger partial charge in [0.05, 0.1) is 5.56 Å². The Hall–Kier alpha value is -3.80. The van der Waals surface area contributed by atoms with Crippen LogP contribution in [0.1, 0.15) is 32.4 Å². The number of anilines is 1. The lowest BCUT2D eigenvalue weighted by Crippen LogP contribution is -2.52. The molecule has 3 aromatic rings. The first-order valence-corrected chi connectivity index (χ1v) is 8.47. The highest BCUT2D eigenvalue weighted by atomic mass is 16.3. The van der Waals surface area contributed by atoms with Gasteiger partial charge in [-0.2, -0.15) is 0 Å². The summed E-state index contributed by atoms with van der Waals surface area (Å²) in [5.41, 5.74) is 4.91. The summed E-state index contributed by atoms with van der Waals surface area (Å²) in [5.74, 6) is -0.646. The smallest absolute Gasteiger partial charge is 0.276 e. The van der Waals surface area contributed by atoms with Crippen molar-refractivity contribution in [2.45, 2.75) is 6.17 Å². The van der Waals surface area contributed by atoms with Crippen LogP contribution in [0.15, 0.2) is 78.9 Å². The van der Waals surface area contributed by atoms with Gasteiger partial charge in [0.1, 0.15) is 11.9 Å². The minimum Gasteiger partial charge on any atom is -0.508 e. The van der Waals surface area contributed by atoms with Crippen LogP contribution in [0.25, 0.3) is 0 Å². The zero-order valence-electron chi connectivity index (χ0n) is 14.3. The summed E-state index contributed by atoms with van der Waals surface area (Å²) in [6.45, 7) is 0. The second-order valence-electron chi connectivity index (χ2n) is 6.17. The summed E-state index contributed by atoms with van der Waals surface area (Å²) < 4.78 is 0. The highest BCUT2D eigenvalue weighted by molar-refractivity contribution is 6.03. The molecule has 3 N–H and O–H groups in total. The number of nitrogens with one attached hydrogen (secondary N) is 2. The van der Waals surface area contributed by atoms with E-state index in [-0.39, 0.29) is 11.7 Å². The first-order valence-electron chi connectivity index (χ1n) is 8.47. The van der Waals surface area contributed by atoms with Crippen LogP contribution in [0.3, 0.4) is 0 Å². The molecule has 0 fully saturated rings. The quantitative estimate of drug-likeness (QED) is 0.670. The Morgan fingerprint density at radius 3 is 2.48 bits per heavy atom. The number of hydrogen-bond acceptors (Lipinski definition) is 4. The normalized spacial score (nSPS) is 15.6. The summed E-state index contributed by atoms with van der Waals surface area (Å²) in [7, 11) is 0. The predicted molar refractivity (Wildman–Crippen MR) is 101 cm³/mol. The number of phenolic OH excluding ortho intramolecular Hbond substituents is 1. The molecule has 0 bridgehead atoms. The molecule has 0 saturated heterocycles. The number of amides is 2. The fourth-order valence-corrected chi connectivity index (χ4v) is 3.06.